The Bertz CT molecular complexity index is 452. The first kappa shape index (κ1) is 17.8. The topological polar surface area (TPSA) is 27.7 Å². The number of hydrogen-bond acceptors (Lipinski definition) is 3. The quantitative estimate of drug-likeness (QED) is 0.632. The standard InChI is InChI=1S/C16H19O3P.ClH/c1-14(2)13-17-20(18-15-9-5-3-6-10-15)19-16-11-7-4-8-12-16;/h3-12,14H,13H2,1-2H3;1H. The molecule has 2 aromatic rings. The smallest absolute Gasteiger partial charge is 0.418 e. The molecule has 21 heavy (non-hydrogen) atoms. The van der Waals surface area contributed by atoms with E-state index >= 15 is 0 Å². The lowest BCUT2D eigenvalue weighted by atomic mass is 10.2. The highest BCUT2D eigenvalue weighted by Gasteiger charge is 2.17. The average Bonchev–Trinajstić information content (AvgIpc) is 2.47. The van der Waals surface area contributed by atoms with Crippen LogP contribution in [-0.4, -0.2) is 6.61 Å². The van der Waals surface area contributed by atoms with E-state index < -0.39 is 8.60 Å². The second kappa shape index (κ2) is 9.62. The number of halogens is 1. The lowest BCUT2D eigenvalue weighted by molar-refractivity contribution is 0.234. The monoisotopic (exact) mass is 326 g/mol. The van der Waals surface area contributed by atoms with Crippen molar-refractivity contribution < 1.29 is 13.6 Å². The molecule has 0 saturated carbocycles. The number of hydrogen-bond donors (Lipinski definition) is 0. The van der Waals surface area contributed by atoms with Gasteiger partial charge >= 0.3 is 8.60 Å². The number of rotatable bonds is 7. The summed E-state index contributed by atoms with van der Waals surface area (Å²) in [6.07, 6.45) is 0. The van der Waals surface area contributed by atoms with Crippen LogP contribution < -0.4 is 9.05 Å². The summed E-state index contributed by atoms with van der Waals surface area (Å²) in [5, 5.41) is 0. The molecule has 0 bridgehead atoms. The SMILES string of the molecule is CC(C)COP(Oc1ccccc1)Oc1ccccc1.Cl. The van der Waals surface area contributed by atoms with Crippen LogP contribution >= 0.6 is 21.0 Å². The third kappa shape index (κ3) is 6.81. The fourth-order valence-electron chi connectivity index (χ4n) is 1.42. The van der Waals surface area contributed by atoms with Gasteiger partial charge in [0.1, 0.15) is 11.5 Å². The summed E-state index contributed by atoms with van der Waals surface area (Å²) in [7, 11) is -1.45. The third-order valence-electron chi connectivity index (χ3n) is 2.36. The third-order valence-corrected chi connectivity index (χ3v) is 3.44. The van der Waals surface area contributed by atoms with Crippen LogP contribution in [0.1, 0.15) is 13.8 Å². The van der Waals surface area contributed by atoms with Gasteiger partial charge in [0.2, 0.25) is 0 Å². The van der Waals surface area contributed by atoms with Crippen LogP contribution in [0.25, 0.3) is 0 Å². The first-order valence-corrected chi connectivity index (χ1v) is 7.72. The molecule has 5 heteroatoms. The molecule has 0 fully saturated rings. The summed E-state index contributed by atoms with van der Waals surface area (Å²) in [4.78, 5) is 0. The Hall–Kier alpha value is -1.28. The van der Waals surface area contributed by atoms with Crippen molar-refractivity contribution in [2.75, 3.05) is 6.61 Å². The van der Waals surface area contributed by atoms with Crippen LogP contribution in [0.4, 0.5) is 0 Å². The summed E-state index contributed by atoms with van der Waals surface area (Å²) >= 11 is 0. The van der Waals surface area contributed by atoms with E-state index in [9.17, 15) is 0 Å². The normalized spacial score (nSPS) is 10.3. The van der Waals surface area contributed by atoms with E-state index in [0.717, 1.165) is 11.5 Å². The molecule has 0 aliphatic rings. The van der Waals surface area contributed by atoms with Crippen molar-refractivity contribution in [1.82, 2.24) is 0 Å². The van der Waals surface area contributed by atoms with Crippen molar-refractivity contribution in [3.8, 4) is 11.5 Å². The van der Waals surface area contributed by atoms with E-state index in [1.54, 1.807) is 0 Å². The van der Waals surface area contributed by atoms with E-state index in [-0.39, 0.29) is 12.4 Å². The predicted octanol–water partition coefficient (Wildman–Crippen LogP) is 5.47. The zero-order valence-corrected chi connectivity index (χ0v) is 13.8. The Morgan fingerprint density at radius 2 is 1.24 bits per heavy atom. The fourth-order valence-corrected chi connectivity index (χ4v) is 2.57. The summed E-state index contributed by atoms with van der Waals surface area (Å²) in [5.41, 5.74) is 0. The molecule has 0 radical (unpaired) electrons. The van der Waals surface area contributed by atoms with Gasteiger partial charge in [-0.05, 0) is 30.2 Å². The average molecular weight is 327 g/mol. The van der Waals surface area contributed by atoms with Gasteiger partial charge in [-0.3, -0.25) is 4.52 Å². The second-order valence-electron chi connectivity index (χ2n) is 4.72. The van der Waals surface area contributed by atoms with Crippen molar-refractivity contribution in [3.63, 3.8) is 0 Å². The van der Waals surface area contributed by atoms with Crippen LogP contribution in [0.2, 0.25) is 0 Å². The lowest BCUT2D eigenvalue weighted by Crippen LogP contribution is -2.05. The van der Waals surface area contributed by atoms with Crippen LogP contribution in [0.15, 0.2) is 60.7 Å². The Kier molecular flexibility index (Phi) is 8.14. The molecule has 0 unspecified atom stereocenters. The predicted molar refractivity (Wildman–Crippen MR) is 89.1 cm³/mol. The Labute approximate surface area is 133 Å². The molecule has 0 aliphatic heterocycles. The minimum absolute atomic E-state index is 0. The van der Waals surface area contributed by atoms with Crippen LogP contribution in [0.5, 0.6) is 11.5 Å². The molecular formula is C16H20ClO3P. The van der Waals surface area contributed by atoms with E-state index in [4.69, 9.17) is 13.6 Å². The highest BCUT2D eigenvalue weighted by atomic mass is 35.5. The second-order valence-corrected chi connectivity index (χ2v) is 5.79. The Morgan fingerprint density at radius 3 is 1.62 bits per heavy atom. The van der Waals surface area contributed by atoms with E-state index in [1.165, 1.54) is 0 Å². The van der Waals surface area contributed by atoms with Crippen LogP contribution in [0.3, 0.4) is 0 Å². The molecule has 2 rings (SSSR count). The van der Waals surface area contributed by atoms with Crippen LogP contribution in [-0.2, 0) is 4.52 Å². The summed E-state index contributed by atoms with van der Waals surface area (Å²) in [6.45, 7) is 4.79. The highest BCUT2D eigenvalue weighted by molar-refractivity contribution is 7.42. The van der Waals surface area contributed by atoms with Gasteiger partial charge in [-0.2, -0.15) is 0 Å². The van der Waals surface area contributed by atoms with Gasteiger partial charge in [0.15, 0.2) is 0 Å². The number of para-hydroxylation sites is 2. The summed E-state index contributed by atoms with van der Waals surface area (Å²) in [6, 6.07) is 19.2. The minimum Gasteiger partial charge on any atom is -0.418 e. The molecule has 0 N–H and O–H groups in total. The van der Waals surface area contributed by atoms with Crippen molar-refractivity contribution in [1.29, 1.82) is 0 Å². The summed E-state index contributed by atoms with van der Waals surface area (Å²) < 4.78 is 17.3. The van der Waals surface area contributed by atoms with Gasteiger partial charge in [0.05, 0.1) is 6.61 Å². The Balaban J connectivity index is 0.00000220. The molecule has 3 nitrogen and oxygen atoms in total. The zero-order chi connectivity index (χ0) is 14.2. The Morgan fingerprint density at radius 1 is 0.810 bits per heavy atom. The van der Waals surface area contributed by atoms with Crippen molar-refractivity contribution in [2.24, 2.45) is 5.92 Å². The van der Waals surface area contributed by atoms with Crippen LogP contribution in [0, 0.1) is 5.92 Å². The molecule has 0 atom stereocenters. The van der Waals surface area contributed by atoms with Crippen molar-refractivity contribution in [3.05, 3.63) is 60.7 Å². The molecule has 0 heterocycles. The fraction of sp³-hybridized carbons (Fsp3) is 0.250. The van der Waals surface area contributed by atoms with Gasteiger partial charge in [-0.15, -0.1) is 12.4 Å². The maximum atomic E-state index is 5.79. The molecule has 0 saturated heterocycles. The van der Waals surface area contributed by atoms with Gasteiger partial charge in [0.25, 0.3) is 0 Å². The molecular weight excluding hydrogens is 307 g/mol. The van der Waals surface area contributed by atoms with Gasteiger partial charge in [-0.1, -0.05) is 50.2 Å². The van der Waals surface area contributed by atoms with E-state index in [2.05, 4.69) is 13.8 Å². The molecule has 2 aromatic carbocycles. The van der Waals surface area contributed by atoms with Gasteiger partial charge in [-0.25, -0.2) is 0 Å². The van der Waals surface area contributed by atoms with E-state index in [0.29, 0.717) is 12.5 Å². The molecule has 0 spiro atoms. The maximum Gasteiger partial charge on any atom is 0.463 e. The highest BCUT2D eigenvalue weighted by Crippen LogP contribution is 2.41. The van der Waals surface area contributed by atoms with Gasteiger partial charge < -0.3 is 9.05 Å². The molecule has 0 aromatic heterocycles. The lowest BCUT2D eigenvalue weighted by Gasteiger charge is -2.18. The van der Waals surface area contributed by atoms with Crippen molar-refractivity contribution in [2.45, 2.75) is 13.8 Å². The zero-order valence-electron chi connectivity index (χ0n) is 12.1. The number of benzene rings is 2. The van der Waals surface area contributed by atoms with Gasteiger partial charge in [0, 0.05) is 0 Å². The summed E-state index contributed by atoms with van der Waals surface area (Å²) in [5.74, 6) is 1.93. The largest absolute Gasteiger partial charge is 0.463 e. The first-order valence-electron chi connectivity index (χ1n) is 6.63. The first-order chi connectivity index (χ1) is 9.74. The van der Waals surface area contributed by atoms with E-state index in [1.807, 2.05) is 60.7 Å². The molecule has 0 aliphatic carbocycles. The molecule has 0 amide bonds. The maximum absolute atomic E-state index is 5.79. The minimum atomic E-state index is -1.45. The molecule has 114 valence electrons. The van der Waals surface area contributed by atoms with Crippen molar-refractivity contribution >= 4 is 21.0 Å².